The maximum absolute atomic E-state index is 15.3. The fourth-order valence-corrected chi connectivity index (χ4v) is 5.34. The number of carbonyl (C=O) groups is 1. The van der Waals surface area contributed by atoms with E-state index in [1.807, 2.05) is 26.8 Å². The summed E-state index contributed by atoms with van der Waals surface area (Å²) in [5, 5.41) is 12.4. The molecule has 1 fully saturated rings. The molecule has 0 bridgehead atoms. The van der Waals surface area contributed by atoms with Crippen LogP contribution >= 0.6 is 0 Å². The normalized spacial score (nSPS) is 21.1. The topological polar surface area (TPSA) is 59.0 Å². The number of hydrogen-bond acceptors (Lipinski definition) is 4. The Morgan fingerprint density at radius 2 is 2.00 bits per heavy atom. The van der Waals surface area contributed by atoms with E-state index >= 15 is 4.39 Å². The van der Waals surface area contributed by atoms with E-state index in [0.717, 1.165) is 56.9 Å². The van der Waals surface area contributed by atoms with Gasteiger partial charge < -0.3 is 19.5 Å². The molecule has 1 amide bonds. The van der Waals surface area contributed by atoms with Crippen LogP contribution in [0.2, 0.25) is 0 Å². The number of rotatable bonds is 8. The average molecular weight is 476 g/mol. The lowest BCUT2D eigenvalue weighted by molar-refractivity contribution is -0.0645. The van der Waals surface area contributed by atoms with Crippen LogP contribution in [-0.2, 0) is 15.1 Å². The summed E-state index contributed by atoms with van der Waals surface area (Å²) in [4.78, 5) is 14.5. The van der Waals surface area contributed by atoms with Gasteiger partial charge in [0.25, 0.3) is 0 Å². The van der Waals surface area contributed by atoms with Crippen molar-refractivity contribution >= 4 is 11.7 Å². The van der Waals surface area contributed by atoms with E-state index in [-0.39, 0.29) is 17.8 Å². The summed E-state index contributed by atoms with van der Waals surface area (Å²) in [6, 6.07) is 5.08. The summed E-state index contributed by atoms with van der Waals surface area (Å²) in [6.45, 7) is 7.18. The first-order valence-electron chi connectivity index (χ1n) is 12.8. The number of carbonyl (C=O) groups excluding carboxylic acids is 1. The Hall–Kier alpha value is -1.92. The third-order valence-corrected chi connectivity index (χ3v) is 7.00. The fraction of sp³-hybridized carbons (Fsp3) is 0.679. The van der Waals surface area contributed by atoms with Crippen molar-refractivity contribution in [1.29, 1.82) is 0 Å². The van der Waals surface area contributed by atoms with E-state index in [9.17, 15) is 9.90 Å². The van der Waals surface area contributed by atoms with Crippen LogP contribution in [0.3, 0.4) is 0 Å². The van der Waals surface area contributed by atoms with Crippen LogP contribution in [0.4, 0.5) is 9.18 Å². The van der Waals surface area contributed by atoms with Gasteiger partial charge in [-0.2, -0.15) is 0 Å². The molecule has 2 aliphatic rings. The molecule has 3 rings (SSSR count). The van der Waals surface area contributed by atoms with Gasteiger partial charge in [0.05, 0.1) is 5.60 Å². The highest BCUT2D eigenvalue weighted by Gasteiger charge is 2.43. The molecule has 1 aliphatic heterocycles. The van der Waals surface area contributed by atoms with Crippen LogP contribution in [0.25, 0.3) is 5.57 Å². The minimum absolute atomic E-state index is 0.207. The minimum atomic E-state index is -1.25. The van der Waals surface area contributed by atoms with Crippen molar-refractivity contribution in [1.82, 2.24) is 4.90 Å². The molecular formula is C28H42FNO4. The highest BCUT2D eigenvalue weighted by molar-refractivity contribution is 5.71. The monoisotopic (exact) mass is 475 g/mol. The summed E-state index contributed by atoms with van der Waals surface area (Å²) in [6.07, 6.45) is 9.28. The predicted octanol–water partition coefficient (Wildman–Crippen LogP) is 6.43. The number of aliphatic hydroxyl groups is 1. The number of piperidine rings is 1. The summed E-state index contributed by atoms with van der Waals surface area (Å²) >= 11 is 0. The zero-order valence-corrected chi connectivity index (χ0v) is 21.4. The maximum Gasteiger partial charge on any atom is 0.410 e. The van der Waals surface area contributed by atoms with Crippen LogP contribution in [0, 0.1) is 11.7 Å². The van der Waals surface area contributed by atoms with Gasteiger partial charge in [0, 0.05) is 38.3 Å². The van der Waals surface area contributed by atoms with Crippen molar-refractivity contribution in [2.24, 2.45) is 5.92 Å². The Labute approximate surface area is 204 Å². The summed E-state index contributed by atoms with van der Waals surface area (Å²) < 4.78 is 26.1. The van der Waals surface area contributed by atoms with Gasteiger partial charge in [-0.1, -0.05) is 18.2 Å². The van der Waals surface area contributed by atoms with Crippen molar-refractivity contribution < 1.29 is 23.8 Å². The first-order chi connectivity index (χ1) is 16.2. The molecule has 1 aromatic carbocycles. The third kappa shape index (κ3) is 6.60. The molecule has 0 saturated carbocycles. The lowest BCUT2D eigenvalue weighted by atomic mass is 9.71. The van der Waals surface area contributed by atoms with Crippen LogP contribution < -0.4 is 0 Å². The Balaban J connectivity index is 1.96. The Morgan fingerprint density at radius 1 is 1.21 bits per heavy atom. The first-order valence-corrected chi connectivity index (χ1v) is 12.8. The molecule has 0 aromatic heterocycles. The second kappa shape index (κ2) is 11.7. The number of benzene rings is 1. The van der Waals surface area contributed by atoms with Gasteiger partial charge in [-0.3, -0.25) is 0 Å². The molecule has 1 saturated heterocycles. The molecule has 0 radical (unpaired) electrons. The third-order valence-electron chi connectivity index (χ3n) is 7.00. The molecule has 6 heteroatoms. The number of nitrogens with zero attached hydrogens (tertiary/aromatic N) is 1. The number of halogens is 1. The van der Waals surface area contributed by atoms with Gasteiger partial charge in [0.1, 0.15) is 11.4 Å². The van der Waals surface area contributed by atoms with E-state index in [0.29, 0.717) is 37.2 Å². The summed E-state index contributed by atoms with van der Waals surface area (Å²) in [5.74, 6) is -0.484. The number of allylic oxidation sites excluding steroid dienone is 2. The fourth-order valence-electron chi connectivity index (χ4n) is 5.34. The predicted molar refractivity (Wildman–Crippen MR) is 133 cm³/mol. The quantitative estimate of drug-likeness (QED) is 0.440. The molecule has 1 heterocycles. The summed E-state index contributed by atoms with van der Waals surface area (Å²) in [5.41, 5.74) is 0.391. The lowest BCUT2D eigenvalue weighted by Crippen LogP contribution is -2.49. The smallest absolute Gasteiger partial charge is 0.410 e. The molecule has 190 valence electrons. The zero-order valence-electron chi connectivity index (χ0n) is 21.4. The molecule has 1 aliphatic carbocycles. The van der Waals surface area contributed by atoms with E-state index in [2.05, 4.69) is 6.08 Å². The van der Waals surface area contributed by atoms with Gasteiger partial charge in [-0.25, -0.2) is 9.18 Å². The second-order valence-corrected chi connectivity index (χ2v) is 10.8. The first kappa shape index (κ1) is 26.7. The minimum Gasteiger partial charge on any atom is -0.444 e. The second-order valence-electron chi connectivity index (χ2n) is 10.8. The van der Waals surface area contributed by atoms with E-state index < -0.39 is 11.2 Å². The zero-order chi connectivity index (χ0) is 24.8. The molecule has 0 unspecified atom stereocenters. The number of hydrogen-bond donors (Lipinski definition) is 1. The van der Waals surface area contributed by atoms with Crippen LogP contribution in [-0.4, -0.2) is 48.5 Å². The highest BCUT2D eigenvalue weighted by Crippen LogP contribution is 2.44. The highest BCUT2D eigenvalue weighted by atomic mass is 19.1. The van der Waals surface area contributed by atoms with E-state index in [4.69, 9.17) is 9.47 Å². The van der Waals surface area contributed by atoms with Crippen molar-refractivity contribution in [3.63, 3.8) is 0 Å². The number of amides is 1. The van der Waals surface area contributed by atoms with Crippen LogP contribution in [0.1, 0.15) is 89.7 Å². The molecule has 2 atom stereocenters. The number of methoxy groups -OCH3 is 1. The number of ether oxygens (including phenoxy) is 2. The van der Waals surface area contributed by atoms with Gasteiger partial charge in [0.2, 0.25) is 0 Å². The Morgan fingerprint density at radius 3 is 2.68 bits per heavy atom. The molecule has 1 aromatic rings. The van der Waals surface area contributed by atoms with Crippen molar-refractivity contribution in [2.45, 2.75) is 89.8 Å². The van der Waals surface area contributed by atoms with E-state index in [1.165, 1.54) is 6.07 Å². The Bertz CT molecular complexity index is 862. The van der Waals surface area contributed by atoms with Gasteiger partial charge >= 0.3 is 6.09 Å². The molecule has 1 N–H and O–H groups in total. The summed E-state index contributed by atoms with van der Waals surface area (Å²) in [7, 11) is 1.67. The van der Waals surface area contributed by atoms with Crippen LogP contribution in [0.15, 0.2) is 24.3 Å². The number of likely N-dealkylation sites (tertiary alicyclic amines) is 1. The van der Waals surface area contributed by atoms with Gasteiger partial charge in [-0.05, 0) is 95.8 Å². The number of unbranched alkanes of at least 4 members (excludes halogenated alkanes) is 1. The van der Waals surface area contributed by atoms with Gasteiger partial charge in [-0.15, -0.1) is 0 Å². The lowest BCUT2D eigenvalue weighted by Gasteiger charge is -2.44. The SMILES string of the molecule is COCCCC[C@@](O)(c1cccc(F)c1C1=CCCCC1)[C@@H]1CCCN(C(=O)OC(C)(C)C)C1. The van der Waals surface area contributed by atoms with Gasteiger partial charge in [0.15, 0.2) is 0 Å². The van der Waals surface area contributed by atoms with Crippen molar-refractivity contribution in [3.05, 3.63) is 41.2 Å². The van der Waals surface area contributed by atoms with Crippen molar-refractivity contribution in [3.8, 4) is 0 Å². The molecule has 0 spiro atoms. The largest absolute Gasteiger partial charge is 0.444 e. The van der Waals surface area contributed by atoms with Crippen LogP contribution in [0.5, 0.6) is 0 Å². The Kier molecular flexibility index (Phi) is 9.16. The van der Waals surface area contributed by atoms with Crippen molar-refractivity contribution in [2.75, 3.05) is 26.8 Å². The maximum atomic E-state index is 15.3. The molecule has 5 nitrogen and oxygen atoms in total. The van der Waals surface area contributed by atoms with E-state index in [1.54, 1.807) is 18.1 Å². The molecular weight excluding hydrogens is 433 g/mol. The average Bonchev–Trinajstić information content (AvgIpc) is 2.81. The standard InChI is InChI=1S/C28H42FNO4/c1-27(2,3)34-26(31)30-18-11-14-22(20-30)28(32,17-8-9-19-33-4)23-15-10-16-24(29)25(23)21-12-6-5-7-13-21/h10,12,15-16,22,32H,5-9,11,13-14,17-20H2,1-4H3/t22-,28+/m1/s1. The molecule has 34 heavy (non-hydrogen) atoms.